The van der Waals surface area contributed by atoms with Gasteiger partial charge in [-0.25, -0.2) is 4.39 Å². The summed E-state index contributed by atoms with van der Waals surface area (Å²) < 4.78 is 51.0. The van der Waals surface area contributed by atoms with Gasteiger partial charge in [-0.05, 0) is 30.2 Å². The van der Waals surface area contributed by atoms with Crippen molar-refractivity contribution >= 4 is 15.9 Å². The van der Waals surface area contributed by atoms with Crippen molar-refractivity contribution in [3.05, 3.63) is 35.1 Å². The first kappa shape index (κ1) is 15.4. The van der Waals surface area contributed by atoms with E-state index in [1.807, 2.05) is 0 Å². The summed E-state index contributed by atoms with van der Waals surface area (Å²) >= 11 is 3.00. The highest BCUT2D eigenvalue weighted by Gasteiger charge is 2.36. The van der Waals surface area contributed by atoms with Crippen LogP contribution in [0.4, 0.5) is 17.6 Å². The maximum Gasteiger partial charge on any atom is 0.416 e. The third-order valence-corrected chi connectivity index (χ3v) is 2.86. The quantitative estimate of drug-likeness (QED) is 0.658. The van der Waals surface area contributed by atoms with Gasteiger partial charge in [0, 0.05) is 5.33 Å². The lowest BCUT2D eigenvalue weighted by Crippen LogP contribution is -2.22. The molecule has 0 radical (unpaired) electrons. The van der Waals surface area contributed by atoms with Crippen molar-refractivity contribution in [3.8, 4) is 0 Å². The number of aliphatic hydroxyl groups excluding tert-OH is 2. The zero-order valence-corrected chi connectivity index (χ0v) is 10.7. The number of rotatable bonds is 4. The van der Waals surface area contributed by atoms with E-state index in [9.17, 15) is 27.8 Å². The molecule has 0 amide bonds. The fourth-order valence-electron chi connectivity index (χ4n) is 1.51. The molecule has 0 aliphatic carbocycles. The molecule has 0 bridgehead atoms. The van der Waals surface area contributed by atoms with Gasteiger partial charge in [0.25, 0.3) is 0 Å². The van der Waals surface area contributed by atoms with Crippen LogP contribution in [0.2, 0.25) is 0 Å². The van der Waals surface area contributed by atoms with E-state index in [0.717, 1.165) is 0 Å². The molecule has 0 aliphatic heterocycles. The van der Waals surface area contributed by atoms with Crippen LogP contribution in [0.3, 0.4) is 0 Å². The molecule has 0 fully saturated rings. The number of hydrogen-bond acceptors (Lipinski definition) is 2. The van der Waals surface area contributed by atoms with E-state index in [0.29, 0.717) is 23.5 Å². The fourth-order valence-corrected chi connectivity index (χ4v) is 1.98. The molecule has 0 aliphatic rings. The lowest BCUT2D eigenvalue weighted by Gasteiger charge is -2.21. The SMILES string of the molecule is OC(CCBr)C(O)c1cc(F)ccc1C(F)(F)F. The highest BCUT2D eigenvalue weighted by Crippen LogP contribution is 2.36. The molecule has 102 valence electrons. The predicted molar refractivity (Wildman–Crippen MR) is 60.8 cm³/mol. The van der Waals surface area contributed by atoms with E-state index in [2.05, 4.69) is 15.9 Å². The van der Waals surface area contributed by atoms with E-state index in [-0.39, 0.29) is 6.42 Å². The zero-order valence-electron chi connectivity index (χ0n) is 9.09. The average Bonchev–Trinajstić information content (AvgIpc) is 2.26. The van der Waals surface area contributed by atoms with Crippen molar-refractivity contribution in [2.24, 2.45) is 0 Å². The summed E-state index contributed by atoms with van der Waals surface area (Å²) in [5.41, 5.74) is -1.80. The second kappa shape index (κ2) is 5.99. The first-order valence-corrected chi connectivity index (χ1v) is 6.18. The predicted octanol–water partition coefficient (Wildman–Crippen LogP) is 3.02. The molecule has 0 heterocycles. The fraction of sp³-hybridized carbons (Fsp3) is 0.455. The Kier molecular flexibility index (Phi) is 5.12. The highest BCUT2D eigenvalue weighted by molar-refractivity contribution is 9.09. The maximum absolute atomic E-state index is 13.0. The van der Waals surface area contributed by atoms with Crippen molar-refractivity contribution in [2.45, 2.75) is 24.8 Å². The van der Waals surface area contributed by atoms with Gasteiger partial charge in [0.15, 0.2) is 0 Å². The van der Waals surface area contributed by atoms with Crippen molar-refractivity contribution in [1.29, 1.82) is 0 Å². The van der Waals surface area contributed by atoms with Crippen LogP contribution in [-0.2, 0) is 6.18 Å². The molecule has 1 aromatic carbocycles. The lowest BCUT2D eigenvalue weighted by molar-refractivity contribution is -0.140. The van der Waals surface area contributed by atoms with E-state index >= 15 is 0 Å². The molecule has 1 aromatic rings. The largest absolute Gasteiger partial charge is 0.416 e. The van der Waals surface area contributed by atoms with Crippen molar-refractivity contribution in [2.75, 3.05) is 5.33 Å². The van der Waals surface area contributed by atoms with Crippen LogP contribution in [0, 0.1) is 5.82 Å². The highest BCUT2D eigenvalue weighted by atomic mass is 79.9. The first-order valence-electron chi connectivity index (χ1n) is 5.06. The van der Waals surface area contributed by atoms with Gasteiger partial charge in [0.05, 0.1) is 11.7 Å². The number of aliphatic hydroxyl groups is 2. The van der Waals surface area contributed by atoms with Gasteiger partial charge in [0.1, 0.15) is 11.9 Å². The van der Waals surface area contributed by atoms with Gasteiger partial charge in [-0.15, -0.1) is 0 Å². The van der Waals surface area contributed by atoms with Crippen LogP contribution >= 0.6 is 15.9 Å². The first-order chi connectivity index (χ1) is 8.27. The molecule has 0 saturated carbocycles. The number of hydrogen-bond donors (Lipinski definition) is 2. The Balaban J connectivity index is 3.17. The van der Waals surface area contributed by atoms with Gasteiger partial charge >= 0.3 is 6.18 Å². The maximum atomic E-state index is 13.0. The molecule has 7 heteroatoms. The molecule has 2 atom stereocenters. The van der Waals surface area contributed by atoms with E-state index in [1.165, 1.54) is 0 Å². The average molecular weight is 331 g/mol. The smallest absolute Gasteiger partial charge is 0.390 e. The molecule has 0 aromatic heterocycles. The monoisotopic (exact) mass is 330 g/mol. The minimum Gasteiger partial charge on any atom is -0.390 e. The second-order valence-electron chi connectivity index (χ2n) is 3.72. The molecule has 0 saturated heterocycles. The Hall–Kier alpha value is -0.660. The van der Waals surface area contributed by atoms with Gasteiger partial charge < -0.3 is 10.2 Å². The Labute approximate surface area is 109 Å². The molecule has 2 nitrogen and oxygen atoms in total. The van der Waals surface area contributed by atoms with Gasteiger partial charge in [0.2, 0.25) is 0 Å². The van der Waals surface area contributed by atoms with E-state index in [1.54, 1.807) is 0 Å². The Morgan fingerprint density at radius 3 is 2.33 bits per heavy atom. The third-order valence-electron chi connectivity index (χ3n) is 2.41. The zero-order chi connectivity index (χ0) is 13.9. The topological polar surface area (TPSA) is 40.5 Å². The van der Waals surface area contributed by atoms with Gasteiger partial charge in [-0.3, -0.25) is 0 Å². The van der Waals surface area contributed by atoms with Crippen LogP contribution in [0.5, 0.6) is 0 Å². The molecule has 2 N–H and O–H groups in total. The molecule has 1 rings (SSSR count). The molecular weight excluding hydrogens is 320 g/mol. The normalized spacial score (nSPS) is 15.5. The summed E-state index contributed by atoms with van der Waals surface area (Å²) in [7, 11) is 0. The number of alkyl halides is 4. The van der Waals surface area contributed by atoms with Crippen LogP contribution in [0.15, 0.2) is 18.2 Å². The lowest BCUT2D eigenvalue weighted by atomic mass is 9.97. The molecule has 2 unspecified atom stereocenters. The van der Waals surface area contributed by atoms with Crippen molar-refractivity contribution in [1.82, 2.24) is 0 Å². The van der Waals surface area contributed by atoms with Crippen molar-refractivity contribution in [3.63, 3.8) is 0 Å². The third kappa shape index (κ3) is 3.66. The van der Waals surface area contributed by atoms with E-state index in [4.69, 9.17) is 0 Å². The van der Waals surface area contributed by atoms with Crippen LogP contribution in [0.1, 0.15) is 23.7 Å². The molecule has 0 spiro atoms. The minimum absolute atomic E-state index is 0.0506. The van der Waals surface area contributed by atoms with Crippen LogP contribution in [0.25, 0.3) is 0 Å². The Morgan fingerprint density at radius 1 is 1.22 bits per heavy atom. The summed E-state index contributed by atoms with van der Waals surface area (Å²) in [5, 5.41) is 19.4. The van der Waals surface area contributed by atoms with Crippen molar-refractivity contribution < 1.29 is 27.8 Å². The number of benzene rings is 1. The molecular formula is C11H11BrF4O2. The minimum atomic E-state index is -4.71. The second-order valence-corrected chi connectivity index (χ2v) is 4.51. The summed E-state index contributed by atoms with van der Waals surface area (Å²) in [5.74, 6) is -0.900. The summed E-state index contributed by atoms with van der Waals surface area (Å²) in [4.78, 5) is 0. The summed E-state index contributed by atoms with van der Waals surface area (Å²) in [6.45, 7) is 0. The number of halogens is 5. The standard InChI is InChI=1S/C11H11BrF4O2/c12-4-3-9(17)10(18)7-5-6(13)1-2-8(7)11(14,15)16/h1-2,5,9-10,17-18H,3-4H2. The van der Waals surface area contributed by atoms with Gasteiger partial charge in [-0.2, -0.15) is 13.2 Å². The Morgan fingerprint density at radius 2 is 1.83 bits per heavy atom. The van der Waals surface area contributed by atoms with Crippen LogP contribution in [-0.4, -0.2) is 21.6 Å². The Bertz CT molecular complexity index is 409. The molecule has 18 heavy (non-hydrogen) atoms. The van der Waals surface area contributed by atoms with E-state index < -0.39 is 35.3 Å². The summed E-state index contributed by atoms with van der Waals surface area (Å²) in [6, 6.07) is 1.80. The summed E-state index contributed by atoms with van der Waals surface area (Å²) in [6.07, 6.45) is -7.84. The van der Waals surface area contributed by atoms with Crippen LogP contribution < -0.4 is 0 Å². The van der Waals surface area contributed by atoms with Gasteiger partial charge in [-0.1, -0.05) is 15.9 Å².